The fourth-order valence-electron chi connectivity index (χ4n) is 2.78. The van der Waals surface area contributed by atoms with Crippen molar-refractivity contribution in [3.63, 3.8) is 0 Å². The highest BCUT2D eigenvalue weighted by Gasteiger charge is 2.23. The Balaban J connectivity index is 0.000000648. The van der Waals surface area contributed by atoms with E-state index in [0.29, 0.717) is 19.1 Å². The highest BCUT2D eigenvalue weighted by Crippen LogP contribution is 2.29. The van der Waals surface area contributed by atoms with E-state index in [1.54, 1.807) is 12.5 Å². The first-order chi connectivity index (χ1) is 11.5. The van der Waals surface area contributed by atoms with Gasteiger partial charge in [0.1, 0.15) is 6.29 Å². The second kappa shape index (κ2) is 11.1. The molecule has 1 aliphatic rings. The van der Waals surface area contributed by atoms with Crippen LogP contribution in [0, 0.1) is 0 Å². The summed E-state index contributed by atoms with van der Waals surface area (Å²) in [6.07, 6.45) is 6.16. The van der Waals surface area contributed by atoms with E-state index in [-0.39, 0.29) is 5.97 Å². The Hall–Kier alpha value is -1.53. The second-order valence-corrected chi connectivity index (χ2v) is 7.33. The zero-order valence-electron chi connectivity index (χ0n) is 14.7. The lowest BCUT2D eigenvalue weighted by Crippen LogP contribution is -2.37. The molecular weight excluding hydrogens is 326 g/mol. The van der Waals surface area contributed by atoms with E-state index in [4.69, 9.17) is 4.74 Å². The van der Waals surface area contributed by atoms with Crippen molar-refractivity contribution in [2.45, 2.75) is 25.7 Å². The Kier molecular flexibility index (Phi) is 9.49. The van der Waals surface area contributed by atoms with Gasteiger partial charge in [0.25, 0.3) is 0 Å². The van der Waals surface area contributed by atoms with Crippen LogP contribution in [-0.2, 0) is 20.3 Å². The molecule has 0 bridgehead atoms. The summed E-state index contributed by atoms with van der Waals surface area (Å²) in [6, 6.07) is 7.78. The molecule has 6 heteroatoms. The number of piperidine rings is 1. The van der Waals surface area contributed by atoms with E-state index in [2.05, 4.69) is 4.90 Å². The van der Waals surface area contributed by atoms with Crippen LogP contribution < -0.4 is 0 Å². The molecule has 0 spiro atoms. The lowest BCUT2D eigenvalue weighted by molar-refractivity contribution is -0.144. The summed E-state index contributed by atoms with van der Waals surface area (Å²) >= 11 is 0. The van der Waals surface area contributed by atoms with Crippen LogP contribution in [0.1, 0.15) is 41.6 Å². The second-order valence-electron chi connectivity index (χ2n) is 5.84. The van der Waals surface area contributed by atoms with Crippen LogP contribution in [0.3, 0.4) is 0 Å². The standard InChI is InChI=1S/C16H21NO3.C2H6OS/c1-2-20-16(19)11-17-9-7-13(8-10-17)15-6-4-3-5-14(15)12-18;1-4(2)3/h3-6,12-13H,2,7-11H2,1H3;1-2H3. The average molecular weight is 353 g/mol. The number of nitrogens with zero attached hydrogens (tertiary/aromatic N) is 1. The van der Waals surface area contributed by atoms with Crippen molar-refractivity contribution in [3.05, 3.63) is 35.4 Å². The molecule has 0 aliphatic carbocycles. The van der Waals surface area contributed by atoms with Crippen LogP contribution in [0.15, 0.2) is 24.3 Å². The maximum Gasteiger partial charge on any atom is 0.320 e. The molecular formula is C18H27NO4S. The number of ether oxygens (including phenoxy) is 1. The van der Waals surface area contributed by atoms with Gasteiger partial charge in [-0.05, 0) is 44.3 Å². The smallest absolute Gasteiger partial charge is 0.320 e. The fourth-order valence-corrected chi connectivity index (χ4v) is 2.78. The third kappa shape index (κ3) is 7.36. The van der Waals surface area contributed by atoms with Gasteiger partial charge in [-0.2, -0.15) is 0 Å². The van der Waals surface area contributed by atoms with Crippen LogP contribution in [0.2, 0.25) is 0 Å². The summed E-state index contributed by atoms with van der Waals surface area (Å²) in [4.78, 5) is 24.7. The van der Waals surface area contributed by atoms with Crippen molar-refractivity contribution >= 4 is 23.1 Å². The van der Waals surface area contributed by atoms with Gasteiger partial charge in [0.2, 0.25) is 0 Å². The van der Waals surface area contributed by atoms with Crippen LogP contribution in [-0.4, -0.2) is 60.1 Å². The van der Waals surface area contributed by atoms with Gasteiger partial charge < -0.3 is 4.74 Å². The first kappa shape index (κ1) is 20.5. The SMILES string of the molecule is CCOC(=O)CN1CCC(c2ccccc2C=O)CC1.CS(C)=O. The number of esters is 1. The third-order valence-corrected chi connectivity index (χ3v) is 3.81. The van der Waals surface area contributed by atoms with Crippen molar-refractivity contribution < 1.29 is 18.5 Å². The van der Waals surface area contributed by atoms with Gasteiger partial charge in [-0.15, -0.1) is 0 Å². The predicted octanol–water partition coefficient (Wildman–Crippen LogP) is 2.24. The molecule has 0 radical (unpaired) electrons. The van der Waals surface area contributed by atoms with Crippen molar-refractivity contribution in [2.75, 3.05) is 38.8 Å². The average Bonchev–Trinajstić information content (AvgIpc) is 2.55. The number of rotatable bonds is 5. The highest BCUT2D eigenvalue weighted by molar-refractivity contribution is 7.83. The maximum atomic E-state index is 11.5. The van der Waals surface area contributed by atoms with Crippen LogP contribution in [0.4, 0.5) is 0 Å². The minimum absolute atomic E-state index is 0.153. The number of hydrogen-bond donors (Lipinski definition) is 0. The topological polar surface area (TPSA) is 63.7 Å². The Morgan fingerprint density at radius 2 is 1.88 bits per heavy atom. The molecule has 0 N–H and O–H groups in total. The summed E-state index contributed by atoms with van der Waals surface area (Å²) < 4.78 is 14.5. The summed E-state index contributed by atoms with van der Waals surface area (Å²) in [5.41, 5.74) is 1.93. The summed E-state index contributed by atoms with van der Waals surface area (Å²) in [5.74, 6) is 0.258. The molecule has 1 aromatic rings. The Morgan fingerprint density at radius 3 is 2.42 bits per heavy atom. The van der Waals surface area contributed by atoms with E-state index < -0.39 is 10.8 Å². The van der Waals surface area contributed by atoms with E-state index in [0.717, 1.165) is 43.3 Å². The van der Waals surface area contributed by atoms with Crippen LogP contribution in [0.25, 0.3) is 0 Å². The molecule has 1 aromatic carbocycles. The molecule has 5 nitrogen and oxygen atoms in total. The van der Waals surface area contributed by atoms with E-state index >= 15 is 0 Å². The third-order valence-electron chi connectivity index (χ3n) is 3.81. The number of aldehydes is 1. The lowest BCUT2D eigenvalue weighted by Gasteiger charge is -2.31. The monoisotopic (exact) mass is 353 g/mol. The molecule has 0 aromatic heterocycles. The quantitative estimate of drug-likeness (QED) is 0.600. The van der Waals surface area contributed by atoms with E-state index in [9.17, 15) is 13.8 Å². The molecule has 0 amide bonds. The Bertz CT molecular complexity index is 550. The van der Waals surface area contributed by atoms with Crippen molar-refractivity contribution in [3.8, 4) is 0 Å². The first-order valence-electron chi connectivity index (χ1n) is 8.15. The molecule has 1 aliphatic heterocycles. The van der Waals surface area contributed by atoms with E-state index in [1.807, 2.05) is 31.2 Å². The van der Waals surface area contributed by atoms with Gasteiger partial charge in [0, 0.05) is 28.9 Å². The molecule has 2 rings (SSSR count). The molecule has 24 heavy (non-hydrogen) atoms. The molecule has 0 saturated carbocycles. The molecule has 134 valence electrons. The maximum absolute atomic E-state index is 11.5. The number of carbonyl (C=O) groups excluding carboxylic acids is 2. The van der Waals surface area contributed by atoms with Gasteiger partial charge >= 0.3 is 5.97 Å². The molecule has 1 saturated heterocycles. The zero-order chi connectivity index (χ0) is 17.9. The van der Waals surface area contributed by atoms with Crippen LogP contribution in [0.5, 0.6) is 0 Å². The summed E-state index contributed by atoms with van der Waals surface area (Å²) in [5, 5.41) is 0. The molecule has 1 heterocycles. The minimum Gasteiger partial charge on any atom is -0.465 e. The number of hydrogen-bond acceptors (Lipinski definition) is 5. The number of likely N-dealkylation sites (tertiary alicyclic amines) is 1. The van der Waals surface area contributed by atoms with Gasteiger partial charge in [-0.25, -0.2) is 0 Å². The fraction of sp³-hybridized carbons (Fsp3) is 0.556. The largest absolute Gasteiger partial charge is 0.465 e. The van der Waals surface area contributed by atoms with E-state index in [1.165, 1.54) is 0 Å². The lowest BCUT2D eigenvalue weighted by atomic mass is 9.87. The van der Waals surface area contributed by atoms with Crippen molar-refractivity contribution in [2.24, 2.45) is 0 Å². The first-order valence-corrected chi connectivity index (χ1v) is 10.1. The molecule has 0 unspecified atom stereocenters. The van der Waals surface area contributed by atoms with Gasteiger partial charge in [-0.1, -0.05) is 24.3 Å². The van der Waals surface area contributed by atoms with Crippen molar-refractivity contribution in [1.29, 1.82) is 0 Å². The van der Waals surface area contributed by atoms with Crippen LogP contribution >= 0.6 is 0 Å². The number of carbonyl (C=O) groups is 2. The Labute approximate surface area is 146 Å². The minimum atomic E-state index is -0.611. The van der Waals surface area contributed by atoms with Gasteiger partial charge in [0.05, 0.1) is 13.2 Å². The zero-order valence-corrected chi connectivity index (χ0v) is 15.5. The molecule has 1 fully saturated rings. The normalized spacial score (nSPS) is 15.5. The number of benzene rings is 1. The predicted molar refractivity (Wildman–Crippen MR) is 96.9 cm³/mol. The van der Waals surface area contributed by atoms with Crippen molar-refractivity contribution in [1.82, 2.24) is 4.90 Å². The summed E-state index contributed by atoms with van der Waals surface area (Å²) in [6.45, 7) is 4.37. The highest BCUT2D eigenvalue weighted by atomic mass is 32.2. The Morgan fingerprint density at radius 1 is 1.29 bits per heavy atom. The van der Waals surface area contributed by atoms with Gasteiger partial charge in [-0.3, -0.25) is 18.7 Å². The van der Waals surface area contributed by atoms with Gasteiger partial charge in [0.15, 0.2) is 0 Å². The summed E-state index contributed by atoms with van der Waals surface area (Å²) in [7, 11) is -0.611. The molecule has 0 atom stereocenters.